The third-order valence-corrected chi connectivity index (χ3v) is 4.83. The van der Waals surface area contributed by atoms with Gasteiger partial charge in [0.15, 0.2) is 6.29 Å². The van der Waals surface area contributed by atoms with Gasteiger partial charge < -0.3 is 15.5 Å². The van der Waals surface area contributed by atoms with Crippen LogP contribution in [0.3, 0.4) is 0 Å². The van der Waals surface area contributed by atoms with Crippen LogP contribution >= 0.6 is 11.6 Å². The maximum atomic E-state index is 12.5. The first kappa shape index (κ1) is 19.6. The second-order valence-corrected chi connectivity index (χ2v) is 7.04. The van der Waals surface area contributed by atoms with Crippen molar-refractivity contribution in [2.24, 2.45) is 0 Å². The summed E-state index contributed by atoms with van der Waals surface area (Å²) < 4.78 is 0. The molecule has 0 aliphatic carbocycles. The third-order valence-electron chi connectivity index (χ3n) is 4.58. The smallest absolute Gasteiger partial charge is 0.269 e. The highest BCUT2D eigenvalue weighted by molar-refractivity contribution is 6.30. The van der Waals surface area contributed by atoms with E-state index in [1.165, 1.54) is 6.33 Å². The number of allylic oxidation sites excluding steroid dienone is 3. The molecule has 3 rings (SSSR count). The van der Waals surface area contributed by atoms with Crippen LogP contribution in [0.4, 0.5) is 5.82 Å². The predicted molar refractivity (Wildman–Crippen MR) is 107 cm³/mol. The minimum absolute atomic E-state index is 0.206. The molecule has 2 heterocycles. The summed E-state index contributed by atoms with van der Waals surface area (Å²) in [6, 6.07) is 9.16. The minimum atomic E-state index is -0.591. The molecule has 1 fully saturated rings. The highest BCUT2D eigenvalue weighted by Gasteiger charge is 2.41. The molecular formula is C20H20ClN5O2. The summed E-state index contributed by atoms with van der Waals surface area (Å²) >= 11 is 5.94. The number of benzene rings is 1. The summed E-state index contributed by atoms with van der Waals surface area (Å²) in [7, 11) is 1.84. The number of nitrogens with zero attached hydrogens (tertiary/aromatic N) is 3. The lowest BCUT2D eigenvalue weighted by molar-refractivity contribution is -0.117. The second kappa shape index (κ2) is 8.22. The van der Waals surface area contributed by atoms with Gasteiger partial charge in [-0.1, -0.05) is 23.7 Å². The topological polar surface area (TPSA) is 87.2 Å². The fraction of sp³-hybridized carbons (Fsp3) is 0.200. The minimum Gasteiger partial charge on any atom is -0.347 e. The van der Waals surface area contributed by atoms with Crippen molar-refractivity contribution < 1.29 is 9.59 Å². The number of aromatic nitrogens is 2. The van der Waals surface area contributed by atoms with E-state index >= 15 is 0 Å². The Kier molecular flexibility index (Phi) is 5.75. The number of anilines is 1. The normalized spacial score (nSPS) is 21.0. The molecular weight excluding hydrogens is 378 g/mol. The Hall–Kier alpha value is -3.19. The van der Waals surface area contributed by atoms with Gasteiger partial charge in [0.1, 0.15) is 23.5 Å². The van der Waals surface area contributed by atoms with Crippen molar-refractivity contribution in [3.63, 3.8) is 0 Å². The molecule has 1 aromatic heterocycles. The number of likely N-dealkylation sites (N-methyl/N-ethyl adjacent to an activating group) is 1. The lowest BCUT2D eigenvalue weighted by Crippen LogP contribution is -2.49. The Labute approximate surface area is 168 Å². The summed E-state index contributed by atoms with van der Waals surface area (Å²) in [5, 5.41) is 6.56. The third kappa shape index (κ3) is 4.37. The van der Waals surface area contributed by atoms with Crippen molar-refractivity contribution in [2.75, 3.05) is 12.4 Å². The summed E-state index contributed by atoms with van der Waals surface area (Å²) in [6.45, 7) is 1.95. The molecule has 0 bridgehead atoms. The lowest BCUT2D eigenvalue weighted by atomic mass is 10.0. The fourth-order valence-corrected chi connectivity index (χ4v) is 3.08. The predicted octanol–water partition coefficient (Wildman–Crippen LogP) is 2.53. The number of hydrogen-bond donors (Lipinski definition) is 2. The van der Waals surface area contributed by atoms with E-state index in [1.807, 2.05) is 43.1 Å². The molecule has 2 N–H and O–H groups in total. The van der Waals surface area contributed by atoms with Gasteiger partial charge >= 0.3 is 0 Å². The molecule has 1 aromatic carbocycles. The van der Waals surface area contributed by atoms with Gasteiger partial charge in [-0.2, -0.15) is 0 Å². The number of aldehydes is 1. The first-order chi connectivity index (χ1) is 13.4. The van der Waals surface area contributed by atoms with Crippen LogP contribution in [0.25, 0.3) is 0 Å². The largest absolute Gasteiger partial charge is 0.347 e. The van der Waals surface area contributed by atoms with E-state index in [-0.39, 0.29) is 11.6 Å². The van der Waals surface area contributed by atoms with Gasteiger partial charge in [-0.15, -0.1) is 0 Å². The van der Waals surface area contributed by atoms with E-state index in [4.69, 9.17) is 11.6 Å². The molecule has 1 unspecified atom stereocenters. The zero-order chi connectivity index (χ0) is 20.1. The van der Waals surface area contributed by atoms with Crippen molar-refractivity contribution >= 4 is 29.6 Å². The molecule has 28 heavy (non-hydrogen) atoms. The maximum absolute atomic E-state index is 12.5. The van der Waals surface area contributed by atoms with E-state index in [2.05, 4.69) is 20.6 Å². The molecule has 1 aliphatic heterocycles. The van der Waals surface area contributed by atoms with Crippen molar-refractivity contribution in [1.82, 2.24) is 20.2 Å². The molecule has 1 amide bonds. The Morgan fingerprint density at radius 1 is 1.32 bits per heavy atom. The van der Waals surface area contributed by atoms with Crippen molar-refractivity contribution in [3.8, 4) is 0 Å². The maximum Gasteiger partial charge on any atom is 0.269 e. The number of rotatable bonds is 6. The summed E-state index contributed by atoms with van der Waals surface area (Å²) in [5.41, 5.74) is 1.19. The number of carbonyl (C=O) groups excluding carboxylic acids is 2. The number of halogens is 1. The highest BCUT2D eigenvalue weighted by Crippen LogP contribution is 2.28. The van der Waals surface area contributed by atoms with Crippen LogP contribution in [0, 0.1) is 0 Å². The molecule has 144 valence electrons. The average molecular weight is 398 g/mol. The van der Waals surface area contributed by atoms with E-state index in [1.54, 1.807) is 24.4 Å². The van der Waals surface area contributed by atoms with Crippen LogP contribution < -0.4 is 10.6 Å². The Bertz CT molecular complexity index is 927. The van der Waals surface area contributed by atoms with E-state index in [9.17, 15) is 9.59 Å². The Morgan fingerprint density at radius 2 is 2.07 bits per heavy atom. The van der Waals surface area contributed by atoms with E-state index < -0.39 is 5.66 Å². The molecule has 1 aliphatic rings. The summed E-state index contributed by atoms with van der Waals surface area (Å²) in [6.07, 6.45) is 7.38. The van der Waals surface area contributed by atoms with Gasteiger partial charge in [-0.3, -0.25) is 9.59 Å². The first-order valence-corrected chi connectivity index (χ1v) is 9.00. The van der Waals surface area contributed by atoms with Gasteiger partial charge in [-0.05, 0) is 42.8 Å². The molecule has 0 radical (unpaired) electrons. The summed E-state index contributed by atoms with van der Waals surface area (Å²) in [4.78, 5) is 33.6. The van der Waals surface area contributed by atoms with Crippen molar-refractivity contribution in [1.29, 1.82) is 0 Å². The number of nitrogens with one attached hydrogen (secondary N) is 2. The van der Waals surface area contributed by atoms with Gasteiger partial charge in [0.2, 0.25) is 0 Å². The van der Waals surface area contributed by atoms with Crippen LogP contribution in [0.15, 0.2) is 66.4 Å². The zero-order valence-corrected chi connectivity index (χ0v) is 16.3. The van der Waals surface area contributed by atoms with Gasteiger partial charge in [0.25, 0.3) is 5.91 Å². The van der Waals surface area contributed by atoms with Crippen LogP contribution in [0.5, 0.6) is 0 Å². The van der Waals surface area contributed by atoms with Crippen molar-refractivity contribution in [2.45, 2.75) is 19.0 Å². The van der Waals surface area contributed by atoms with Gasteiger partial charge in [-0.25, -0.2) is 9.97 Å². The van der Waals surface area contributed by atoms with Gasteiger partial charge in [0.05, 0.1) is 5.70 Å². The molecule has 0 spiro atoms. The first-order valence-electron chi connectivity index (χ1n) is 8.62. The molecule has 8 heteroatoms. The quantitative estimate of drug-likeness (QED) is 0.575. The molecule has 1 atom stereocenters. The SMILES string of the molecule is CN1/C(=C\C=C(/C=O)Nc2ccncn2)C(=O)NC1(C)Cc1ccc(Cl)cc1. The average Bonchev–Trinajstić information content (AvgIpc) is 2.90. The van der Waals surface area contributed by atoms with E-state index in [0.29, 0.717) is 29.2 Å². The number of carbonyl (C=O) groups is 2. The molecule has 1 saturated heterocycles. The van der Waals surface area contributed by atoms with E-state index in [0.717, 1.165) is 5.56 Å². The summed E-state index contributed by atoms with van der Waals surface area (Å²) in [5.74, 6) is 0.283. The number of hydrogen-bond acceptors (Lipinski definition) is 6. The van der Waals surface area contributed by atoms with Crippen molar-refractivity contribution in [3.05, 3.63) is 77.0 Å². The molecule has 2 aromatic rings. The second-order valence-electron chi connectivity index (χ2n) is 6.60. The van der Waals surface area contributed by atoms with Gasteiger partial charge in [0, 0.05) is 24.7 Å². The van der Waals surface area contributed by atoms with Crippen LogP contribution in [0.2, 0.25) is 5.02 Å². The number of amides is 1. The standard InChI is InChI=1S/C20H20ClN5O2/c1-20(11-14-3-5-15(21)6-4-14)25-19(28)17(26(20)2)8-7-16(12-27)24-18-9-10-22-13-23-18/h3-10,12-13H,11H2,1-2H3,(H,25,28)(H,22,23,24)/b16-7+,17-8-. The monoisotopic (exact) mass is 397 g/mol. The lowest BCUT2D eigenvalue weighted by Gasteiger charge is -2.33. The molecule has 7 nitrogen and oxygen atoms in total. The Morgan fingerprint density at radius 3 is 2.71 bits per heavy atom. The zero-order valence-electron chi connectivity index (χ0n) is 15.5. The van der Waals surface area contributed by atoms with Crippen LogP contribution in [-0.2, 0) is 16.0 Å². The highest BCUT2D eigenvalue weighted by atomic mass is 35.5. The molecule has 0 saturated carbocycles. The van der Waals surface area contributed by atoms with Crippen LogP contribution in [-0.4, -0.2) is 39.8 Å². The fourth-order valence-electron chi connectivity index (χ4n) is 2.95. The van der Waals surface area contributed by atoms with Crippen LogP contribution in [0.1, 0.15) is 12.5 Å². The Balaban J connectivity index is 1.78.